The van der Waals surface area contributed by atoms with Crippen LogP contribution in [0.4, 0.5) is 0 Å². The highest BCUT2D eigenvalue weighted by atomic mass is 16.5. The van der Waals surface area contributed by atoms with Crippen LogP contribution in [0.3, 0.4) is 0 Å². The summed E-state index contributed by atoms with van der Waals surface area (Å²) in [5.41, 5.74) is 0.849. The van der Waals surface area contributed by atoms with Gasteiger partial charge in [-0.15, -0.1) is 0 Å². The highest BCUT2D eigenvalue weighted by Gasteiger charge is 2.37. The van der Waals surface area contributed by atoms with Crippen LogP contribution in [0.2, 0.25) is 0 Å². The number of benzene rings is 1. The van der Waals surface area contributed by atoms with Gasteiger partial charge in [-0.05, 0) is 32.8 Å². The van der Waals surface area contributed by atoms with Crippen molar-refractivity contribution in [3.8, 4) is 0 Å². The first-order valence-corrected chi connectivity index (χ1v) is 9.50. The number of unbranched alkanes of at least 4 members (excludes halogenated alkanes) is 5. The largest absolute Gasteiger partial charge is 0.375 e. The van der Waals surface area contributed by atoms with Gasteiger partial charge in [-0.1, -0.05) is 75.8 Å². The molecule has 0 radical (unpaired) electrons. The standard InChI is InChI=1S/C21H36O2/c1-5-8-9-10-11-15-18-20(22-6-2)21(4,23-7-3)19-16-13-12-14-17-19/h12-14,16-17,20H,5-11,15,18H2,1-4H3. The lowest BCUT2D eigenvalue weighted by atomic mass is 9.86. The second kappa shape index (κ2) is 11.6. The maximum atomic E-state index is 6.20. The van der Waals surface area contributed by atoms with Crippen molar-refractivity contribution in [2.24, 2.45) is 0 Å². The molecule has 132 valence electrons. The van der Waals surface area contributed by atoms with Crippen molar-refractivity contribution in [3.05, 3.63) is 35.9 Å². The first-order valence-electron chi connectivity index (χ1n) is 9.50. The van der Waals surface area contributed by atoms with Crippen LogP contribution < -0.4 is 0 Å². The van der Waals surface area contributed by atoms with Gasteiger partial charge in [-0.25, -0.2) is 0 Å². The van der Waals surface area contributed by atoms with Crippen LogP contribution in [0.1, 0.15) is 78.2 Å². The zero-order valence-corrected chi connectivity index (χ0v) is 15.6. The third-order valence-corrected chi connectivity index (χ3v) is 4.59. The molecule has 2 heteroatoms. The Labute approximate surface area is 143 Å². The molecule has 0 saturated carbocycles. The molecule has 0 spiro atoms. The Morgan fingerprint density at radius 3 is 2.13 bits per heavy atom. The summed E-state index contributed by atoms with van der Waals surface area (Å²) in [5, 5.41) is 0. The summed E-state index contributed by atoms with van der Waals surface area (Å²) in [6, 6.07) is 10.5. The maximum absolute atomic E-state index is 6.20. The van der Waals surface area contributed by atoms with E-state index >= 15 is 0 Å². The van der Waals surface area contributed by atoms with Crippen LogP contribution >= 0.6 is 0 Å². The second-order valence-corrected chi connectivity index (χ2v) is 6.41. The summed E-state index contributed by atoms with van der Waals surface area (Å²) in [6.07, 6.45) is 9.03. The maximum Gasteiger partial charge on any atom is 0.116 e. The van der Waals surface area contributed by atoms with Gasteiger partial charge < -0.3 is 9.47 Å². The minimum atomic E-state index is -0.366. The molecule has 2 unspecified atom stereocenters. The van der Waals surface area contributed by atoms with E-state index < -0.39 is 0 Å². The van der Waals surface area contributed by atoms with Crippen LogP contribution in [-0.2, 0) is 15.1 Å². The van der Waals surface area contributed by atoms with Crippen LogP contribution in [-0.4, -0.2) is 19.3 Å². The highest BCUT2D eigenvalue weighted by Crippen LogP contribution is 2.34. The van der Waals surface area contributed by atoms with E-state index in [4.69, 9.17) is 9.47 Å². The van der Waals surface area contributed by atoms with Crippen molar-refractivity contribution in [2.75, 3.05) is 13.2 Å². The van der Waals surface area contributed by atoms with E-state index in [1.165, 1.54) is 44.1 Å². The van der Waals surface area contributed by atoms with Crippen molar-refractivity contribution in [3.63, 3.8) is 0 Å². The smallest absolute Gasteiger partial charge is 0.116 e. The molecule has 0 heterocycles. The van der Waals surface area contributed by atoms with Crippen LogP contribution in [0, 0.1) is 0 Å². The van der Waals surface area contributed by atoms with Gasteiger partial charge in [0.05, 0.1) is 6.10 Å². The van der Waals surface area contributed by atoms with E-state index in [0.717, 1.165) is 13.0 Å². The Balaban J connectivity index is 2.69. The van der Waals surface area contributed by atoms with E-state index in [1.54, 1.807) is 0 Å². The Morgan fingerprint density at radius 1 is 0.870 bits per heavy atom. The second-order valence-electron chi connectivity index (χ2n) is 6.41. The molecule has 2 atom stereocenters. The average Bonchev–Trinajstić information content (AvgIpc) is 2.58. The first-order chi connectivity index (χ1) is 11.2. The topological polar surface area (TPSA) is 18.5 Å². The third kappa shape index (κ3) is 6.64. The Bertz CT molecular complexity index is 390. The van der Waals surface area contributed by atoms with Gasteiger partial charge in [0.2, 0.25) is 0 Å². The fourth-order valence-corrected chi connectivity index (χ4v) is 3.26. The van der Waals surface area contributed by atoms with E-state index in [-0.39, 0.29) is 11.7 Å². The molecule has 1 aromatic rings. The van der Waals surface area contributed by atoms with Gasteiger partial charge in [0.15, 0.2) is 0 Å². The molecule has 0 aliphatic heterocycles. The van der Waals surface area contributed by atoms with Gasteiger partial charge in [-0.2, -0.15) is 0 Å². The number of ether oxygens (including phenoxy) is 2. The SMILES string of the molecule is CCCCCCCCC(OCC)C(C)(OCC)c1ccccc1. The summed E-state index contributed by atoms with van der Waals surface area (Å²) in [7, 11) is 0. The van der Waals surface area contributed by atoms with Crippen molar-refractivity contribution in [1.82, 2.24) is 0 Å². The Hall–Kier alpha value is -0.860. The van der Waals surface area contributed by atoms with E-state index in [9.17, 15) is 0 Å². The van der Waals surface area contributed by atoms with E-state index in [0.29, 0.717) is 6.61 Å². The number of hydrogen-bond donors (Lipinski definition) is 0. The monoisotopic (exact) mass is 320 g/mol. The third-order valence-electron chi connectivity index (χ3n) is 4.59. The van der Waals surface area contributed by atoms with Crippen LogP contribution in [0.25, 0.3) is 0 Å². The van der Waals surface area contributed by atoms with Crippen molar-refractivity contribution >= 4 is 0 Å². The summed E-state index contributed by atoms with van der Waals surface area (Å²) in [5.74, 6) is 0. The molecule has 2 nitrogen and oxygen atoms in total. The minimum absolute atomic E-state index is 0.112. The molecule has 0 bridgehead atoms. The normalized spacial score (nSPS) is 15.3. The first kappa shape index (κ1) is 20.2. The number of rotatable bonds is 13. The van der Waals surface area contributed by atoms with Gasteiger partial charge in [-0.3, -0.25) is 0 Å². The molecule has 0 aliphatic rings. The highest BCUT2D eigenvalue weighted by molar-refractivity contribution is 5.23. The summed E-state index contributed by atoms with van der Waals surface area (Å²) < 4.78 is 12.3. The fraction of sp³-hybridized carbons (Fsp3) is 0.714. The molecule has 0 saturated heterocycles. The number of hydrogen-bond acceptors (Lipinski definition) is 2. The van der Waals surface area contributed by atoms with Gasteiger partial charge in [0, 0.05) is 13.2 Å². The van der Waals surface area contributed by atoms with Crippen LogP contribution in [0.15, 0.2) is 30.3 Å². The van der Waals surface area contributed by atoms with Crippen LogP contribution in [0.5, 0.6) is 0 Å². The average molecular weight is 321 g/mol. The van der Waals surface area contributed by atoms with E-state index in [2.05, 4.69) is 58.0 Å². The lowest BCUT2D eigenvalue weighted by Gasteiger charge is -2.38. The quantitative estimate of drug-likeness (QED) is 0.409. The minimum Gasteiger partial charge on any atom is -0.375 e. The predicted octanol–water partition coefficient (Wildman–Crippen LogP) is 6.09. The zero-order chi connectivity index (χ0) is 17.0. The Kier molecular flexibility index (Phi) is 10.2. The van der Waals surface area contributed by atoms with Gasteiger partial charge in [0.25, 0.3) is 0 Å². The predicted molar refractivity (Wildman–Crippen MR) is 98.8 cm³/mol. The molecular weight excluding hydrogens is 284 g/mol. The summed E-state index contributed by atoms with van der Waals surface area (Å²) in [6.45, 7) is 10.0. The van der Waals surface area contributed by atoms with Crippen molar-refractivity contribution in [1.29, 1.82) is 0 Å². The molecule has 0 aromatic heterocycles. The lowest BCUT2D eigenvalue weighted by Crippen LogP contribution is -2.41. The zero-order valence-electron chi connectivity index (χ0n) is 15.6. The fourth-order valence-electron chi connectivity index (χ4n) is 3.26. The summed E-state index contributed by atoms with van der Waals surface area (Å²) in [4.78, 5) is 0. The molecule has 1 aromatic carbocycles. The molecule has 0 amide bonds. The van der Waals surface area contributed by atoms with Crippen molar-refractivity contribution < 1.29 is 9.47 Å². The molecule has 0 N–H and O–H groups in total. The van der Waals surface area contributed by atoms with E-state index in [1.807, 2.05) is 0 Å². The molecular formula is C21H36O2. The lowest BCUT2D eigenvalue weighted by molar-refractivity contribution is -0.141. The molecule has 0 fully saturated rings. The molecule has 1 rings (SSSR count). The van der Waals surface area contributed by atoms with Crippen molar-refractivity contribution in [2.45, 2.75) is 84.3 Å². The van der Waals surface area contributed by atoms with Gasteiger partial charge >= 0.3 is 0 Å². The molecule has 0 aliphatic carbocycles. The van der Waals surface area contributed by atoms with Gasteiger partial charge in [0.1, 0.15) is 5.60 Å². The molecule has 23 heavy (non-hydrogen) atoms. The Morgan fingerprint density at radius 2 is 1.52 bits per heavy atom. The summed E-state index contributed by atoms with van der Waals surface area (Å²) >= 11 is 0.